The molecule has 3 atom stereocenters. The van der Waals surface area contributed by atoms with Crippen molar-refractivity contribution in [2.45, 2.75) is 45.2 Å². The van der Waals surface area contributed by atoms with Gasteiger partial charge in [0, 0.05) is 18.3 Å². The van der Waals surface area contributed by atoms with Gasteiger partial charge in [-0.05, 0) is 50.4 Å². The van der Waals surface area contributed by atoms with Gasteiger partial charge in [0.05, 0.1) is 6.20 Å². The molecule has 3 unspecified atom stereocenters. The minimum absolute atomic E-state index is 0.186. The fourth-order valence-corrected chi connectivity index (χ4v) is 3.37. The summed E-state index contributed by atoms with van der Waals surface area (Å²) in [5, 5.41) is 0. The van der Waals surface area contributed by atoms with Gasteiger partial charge in [-0.1, -0.05) is 13.3 Å². The van der Waals surface area contributed by atoms with E-state index >= 15 is 0 Å². The Labute approximate surface area is 115 Å². The average Bonchev–Trinajstić information content (AvgIpc) is 2.88. The maximum atomic E-state index is 13.3. The van der Waals surface area contributed by atoms with Crippen LogP contribution in [0.25, 0.3) is 0 Å². The van der Waals surface area contributed by atoms with E-state index in [1.165, 1.54) is 25.5 Å². The molecule has 2 rings (SSSR count). The van der Waals surface area contributed by atoms with Gasteiger partial charge in [-0.25, -0.2) is 4.39 Å². The molecule has 0 bridgehead atoms. The SMILES string of the molecule is CCN(C(C)c1cncc(F)c1)C1CCCC1CN. The van der Waals surface area contributed by atoms with Crippen LogP contribution in [-0.2, 0) is 0 Å². The lowest BCUT2D eigenvalue weighted by atomic mass is 9.99. The highest BCUT2D eigenvalue weighted by molar-refractivity contribution is 5.15. The first-order valence-corrected chi connectivity index (χ1v) is 7.23. The van der Waals surface area contributed by atoms with Crippen LogP contribution in [-0.4, -0.2) is 29.0 Å². The zero-order chi connectivity index (χ0) is 13.8. The summed E-state index contributed by atoms with van der Waals surface area (Å²) in [5.41, 5.74) is 6.83. The number of nitrogens with two attached hydrogens (primary N) is 1. The maximum Gasteiger partial charge on any atom is 0.141 e. The number of pyridine rings is 1. The van der Waals surface area contributed by atoms with Crippen LogP contribution in [0.15, 0.2) is 18.5 Å². The van der Waals surface area contributed by atoms with E-state index in [-0.39, 0.29) is 11.9 Å². The molecule has 3 nitrogen and oxygen atoms in total. The topological polar surface area (TPSA) is 42.2 Å². The molecule has 2 N–H and O–H groups in total. The fourth-order valence-electron chi connectivity index (χ4n) is 3.37. The summed E-state index contributed by atoms with van der Waals surface area (Å²) in [6, 6.07) is 2.30. The number of aromatic nitrogens is 1. The Bertz CT molecular complexity index is 410. The summed E-state index contributed by atoms with van der Waals surface area (Å²) in [5.74, 6) is 0.311. The Morgan fingerprint density at radius 3 is 2.89 bits per heavy atom. The molecule has 0 aromatic carbocycles. The monoisotopic (exact) mass is 265 g/mol. The van der Waals surface area contributed by atoms with Crippen LogP contribution in [0.3, 0.4) is 0 Å². The Balaban J connectivity index is 2.17. The molecule has 0 amide bonds. The van der Waals surface area contributed by atoms with E-state index in [9.17, 15) is 4.39 Å². The lowest BCUT2D eigenvalue weighted by Gasteiger charge is -2.36. The molecular formula is C15H24FN3. The van der Waals surface area contributed by atoms with Gasteiger partial charge in [0.15, 0.2) is 0 Å². The molecule has 0 spiro atoms. The molecule has 1 saturated carbocycles. The molecule has 1 aliphatic carbocycles. The van der Waals surface area contributed by atoms with Crippen molar-refractivity contribution in [2.75, 3.05) is 13.1 Å². The Hall–Kier alpha value is -1.00. The third-order valence-electron chi connectivity index (χ3n) is 4.42. The fraction of sp³-hybridized carbons (Fsp3) is 0.667. The summed E-state index contributed by atoms with van der Waals surface area (Å²) in [6.07, 6.45) is 6.68. The summed E-state index contributed by atoms with van der Waals surface area (Å²) in [4.78, 5) is 6.41. The molecule has 0 aliphatic heterocycles. The van der Waals surface area contributed by atoms with Gasteiger partial charge in [0.25, 0.3) is 0 Å². The van der Waals surface area contributed by atoms with Gasteiger partial charge in [-0.15, -0.1) is 0 Å². The van der Waals surface area contributed by atoms with Crippen molar-refractivity contribution < 1.29 is 4.39 Å². The molecular weight excluding hydrogens is 241 g/mol. The van der Waals surface area contributed by atoms with Crippen molar-refractivity contribution in [1.29, 1.82) is 0 Å². The molecule has 1 heterocycles. The average molecular weight is 265 g/mol. The number of rotatable bonds is 5. The largest absolute Gasteiger partial charge is 0.330 e. The van der Waals surface area contributed by atoms with Gasteiger partial charge in [0.2, 0.25) is 0 Å². The van der Waals surface area contributed by atoms with Crippen molar-refractivity contribution >= 4 is 0 Å². The first kappa shape index (κ1) is 14.4. The van der Waals surface area contributed by atoms with Crippen molar-refractivity contribution in [3.63, 3.8) is 0 Å². The summed E-state index contributed by atoms with van der Waals surface area (Å²) in [7, 11) is 0. The Morgan fingerprint density at radius 1 is 1.47 bits per heavy atom. The molecule has 1 aromatic rings. The highest BCUT2D eigenvalue weighted by Crippen LogP contribution is 2.34. The van der Waals surface area contributed by atoms with E-state index in [0.29, 0.717) is 12.0 Å². The lowest BCUT2D eigenvalue weighted by Crippen LogP contribution is -2.41. The van der Waals surface area contributed by atoms with Crippen LogP contribution in [0.5, 0.6) is 0 Å². The normalized spacial score (nSPS) is 24.9. The first-order chi connectivity index (χ1) is 9.17. The number of hydrogen-bond donors (Lipinski definition) is 1. The van der Waals surface area contributed by atoms with Crippen LogP contribution >= 0.6 is 0 Å². The van der Waals surface area contributed by atoms with Crippen LogP contribution in [0.1, 0.15) is 44.7 Å². The second-order valence-electron chi connectivity index (χ2n) is 5.44. The maximum absolute atomic E-state index is 13.3. The van der Waals surface area contributed by atoms with Crippen molar-refractivity contribution in [1.82, 2.24) is 9.88 Å². The number of halogens is 1. The third-order valence-corrected chi connectivity index (χ3v) is 4.42. The lowest BCUT2D eigenvalue weighted by molar-refractivity contribution is 0.123. The first-order valence-electron chi connectivity index (χ1n) is 7.23. The quantitative estimate of drug-likeness (QED) is 0.890. The van der Waals surface area contributed by atoms with Crippen LogP contribution in [0.2, 0.25) is 0 Å². The molecule has 1 aliphatic rings. The molecule has 0 radical (unpaired) electrons. The van der Waals surface area contributed by atoms with Crippen molar-refractivity contribution in [2.24, 2.45) is 11.7 Å². The molecule has 0 saturated heterocycles. The second kappa shape index (κ2) is 6.44. The third kappa shape index (κ3) is 3.12. The molecule has 1 aromatic heterocycles. The van der Waals surface area contributed by atoms with Crippen LogP contribution in [0.4, 0.5) is 4.39 Å². The highest BCUT2D eigenvalue weighted by Gasteiger charge is 2.33. The number of hydrogen-bond acceptors (Lipinski definition) is 3. The predicted octanol–water partition coefficient (Wildman–Crippen LogP) is 2.73. The molecule has 106 valence electrons. The predicted molar refractivity (Wildman–Crippen MR) is 75.2 cm³/mol. The van der Waals surface area contributed by atoms with Crippen molar-refractivity contribution in [3.8, 4) is 0 Å². The summed E-state index contributed by atoms with van der Waals surface area (Å²) >= 11 is 0. The zero-order valence-corrected chi connectivity index (χ0v) is 11.8. The van der Waals surface area contributed by atoms with E-state index in [1.54, 1.807) is 12.3 Å². The van der Waals surface area contributed by atoms with Gasteiger partial charge < -0.3 is 5.73 Å². The minimum Gasteiger partial charge on any atom is -0.330 e. The summed E-state index contributed by atoms with van der Waals surface area (Å²) < 4.78 is 13.3. The molecule has 4 heteroatoms. The van der Waals surface area contributed by atoms with Crippen LogP contribution < -0.4 is 5.73 Å². The standard InChI is InChI=1S/C15H24FN3/c1-3-19(15-6-4-5-12(15)8-17)11(2)13-7-14(16)10-18-9-13/h7,9-12,15H,3-6,8,17H2,1-2H3. The van der Waals surface area contributed by atoms with Gasteiger partial charge in [0.1, 0.15) is 5.82 Å². The van der Waals surface area contributed by atoms with Crippen molar-refractivity contribution in [3.05, 3.63) is 29.8 Å². The Kier molecular flexibility index (Phi) is 4.88. The molecule has 19 heavy (non-hydrogen) atoms. The van der Waals surface area contributed by atoms with E-state index in [1.807, 2.05) is 0 Å². The molecule has 1 fully saturated rings. The van der Waals surface area contributed by atoms with Gasteiger partial charge >= 0.3 is 0 Å². The minimum atomic E-state index is -0.262. The van der Waals surface area contributed by atoms with Gasteiger partial charge in [-0.3, -0.25) is 9.88 Å². The van der Waals surface area contributed by atoms with E-state index in [2.05, 4.69) is 23.7 Å². The Morgan fingerprint density at radius 2 is 2.26 bits per heavy atom. The van der Waals surface area contributed by atoms with E-state index in [4.69, 9.17) is 5.73 Å². The summed E-state index contributed by atoms with van der Waals surface area (Å²) in [6.45, 7) is 6.00. The highest BCUT2D eigenvalue weighted by atomic mass is 19.1. The van der Waals surface area contributed by atoms with E-state index < -0.39 is 0 Å². The zero-order valence-electron chi connectivity index (χ0n) is 11.8. The second-order valence-corrected chi connectivity index (χ2v) is 5.44. The number of nitrogens with zero attached hydrogens (tertiary/aromatic N) is 2. The van der Waals surface area contributed by atoms with Crippen LogP contribution in [0, 0.1) is 11.7 Å². The van der Waals surface area contributed by atoms with Gasteiger partial charge in [-0.2, -0.15) is 0 Å². The smallest absolute Gasteiger partial charge is 0.141 e. The van der Waals surface area contributed by atoms with E-state index in [0.717, 1.165) is 18.7 Å².